The number of carbonyl (C=O) groups is 1. The van der Waals surface area contributed by atoms with Gasteiger partial charge in [0.1, 0.15) is 23.7 Å². The van der Waals surface area contributed by atoms with Crippen LogP contribution in [0.1, 0.15) is 22.3 Å². The Bertz CT molecular complexity index is 908. The largest absolute Gasteiger partial charge is 0.503 e. The minimum absolute atomic E-state index is 0.0859. The Hall–Kier alpha value is -3.19. The number of oxime groups is 1. The van der Waals surface area contributed by atoms with E-state index in [2.05, 4.69) is 5.16 Å². The second-order valence-corrected chi connectivity index (χ2v) is 6.11. The second-order valence-electron chi connectivity index (χ2n) is 6.11. The van der Waals surface area contributed by atoms with Crippen LogP contribution in [0.25, 0.3) is 5.57 Å². The summed E-state index contributed by atoms with van der Waals surface area (Å²) in [5.74, 6) is -0.901. The fourth-order valence-electron chi connectivity index (χ4n) is 2.74. The van der Waals surface area contributed by atoms with Crippen molar-refractivity contribution in [2.45, 2.75) is 13.5 Å². The Balaban J connectivity index is 2.33. The number of carbonyl (C=O) groups excluding carboxylic acids is 1. The van der Waals surface area contributed by atoms with Crippen molar-refractivity contribution in [3.8, 4) is 0 Å². The molecule has 0 unspecified atom stereocenters. The average molecular weight is 401 g/mol. The summed E-state index contributed by atoms with van der Waals surface area (Å²) in [6, 6.07) is 11.5. The number of methoxy groups -OCH3 is 3. The van der Waals surface area contributed by atoms with E-state index in [1.165, 1.54) is 39.7 Å². The van der Waals surface area contributed by atoms with Gasteiger partial charge in [-0.15, -0.1) is 0 Å². The first-order valence-electron chi connectivity index (χ1n) is 8.85. The van der Waals surface area contributed by atoms with E-state index in [9.17, 15) is 9.18 Å². The molecule has 0 aliphatic heterocycles. The predicted molar refractivity (Wildman–Crippen MR) is 108 cm³/mol. The lowest BCUT2D eigenvalue weighted by atomic mass is 9.97. The van der Waals surface area contributed by atoms with Crippen LogP contribution in [-0.4, -0.2) is 39.6 Å². The summed E-state index contributed by atoms with van der Waals surface area (Å²) in [5, 5.41) is 4.13. The van der Waals surface area contributed by atoms with Crippen molar-refractivity contribution in [2.75, 3.05) is 27.9 Å². The Morgan fingerprint density at radius 1 is 1.14 bits per heavy atom. The standard InChI is InChI=1S/C22H24FNO5/c1-15-7-5-10-18(20(12-26-2)22(25)28-4)19(15)13-29-24-21(14-27-3)16-8-6-9-17(23)11-16/h5-12H,13-14H2,1-4H3/b20-12+,24-21+. The third-order valence-corrected chi connectivity index (χ3v) is 4.16. The number of hydrogen-bond acceptors (Lipinski definition) is 6. The normalized spacial score (nSPS) is 11.9. The molecule has 0 spiro atoms. The van der Waals surface area contributed by atoms with Crippen LogP contribution in [-0.2, 0) is 30.4 Å². The molecule has 2 aromatic rings. The molecule has 0 radical (unpaired) electrons. The molecule has 2 rings (SSSR count). The third kappa shape index (κ3) is 5.89. The summed E-state index contributed by atoms with van der Waals surface area (Å²) in [5.41, 5.74) is 3.55. The van der Waals surface area contributed by atoms with Crippen LogP contribution in [0.4, 0.5) is 4.39 Å². The third-order valence-electron chi connectivity index (χ3n) is 4.16. The van der Waals surface area contributed by atoms with Gasteiger partial charge in [0, 0.05) is 18.2 Å². The highest BCUT2D eigenvalue weighted by Gasteiger charge is 2.18. The van der Waals surface area contributed by atoms with Crippen LogP contribution in [0.15, 0.2) is 53.9 Å². The van der Waals surface area contributed by atoms with E-state index in [1.807, 2.05) is 19.1 Å². The summed E-state index contributed by atoms with van der Waals surface area (Å²) in [6.45, 7) is 2.14. The van der Waals surface area contributed by atoms with Crippen LogP contribution >= 0.6 is 0 Å². The predicted octanol–water partition coefficient (Wildman–Crippen LogP) is 3.86. The van der Waals surface area contributed by atoms with Crippen molar-refractivity contribution in [3.05, 3.63) is 76.8 Å². The molecule has 29 heavy (non-hydrogen) atoms. The molecule has 0 fully saturated rings. The quantitative estimate of drug-likeness (QED) is 0.210. The zero-order chi connectivity index (χ0) is 21.2. The molecule has 2 aromatic carbocycles. The first-order chi connectivity index (χ1) is 14.0. The lowest BCUT2D eigenvalue weighted by Crippen LogP contribution is -2.11. The maximum absolute atomic E-state index is 13.5. The lowest BCUT2D eigenvalue weighted by molar-refractivity contribution is -0.133. The molecule has 0 aliphatic rings. The van der Waals surface area contributed by atoms with Crippen molar-refractivity contribution in [1.82, 2.24) is 0 Å². The average Bonchev–Trinajstić information content (AvgIpc) is 2.72. The van der Waals surface area contributed by atoms with E-state index in [1.54, 1.807) is 18.2 Å². The molecule has 0 atom stereocenters. The summed E-state index contributed by atoms with van der Waals surface area (Å²) >= 11 is 0. The second kappa shape index (κ2) is 11.0. The molecule has 154 valence electrons. The van der Waals surface area contributed by atoms with Gasteiger partial charge in [0.15, 0.2) is 0 Å². The highest BCUT2D eigenvalue weighted by atomic mass is 19.1. The van der Waals surface area contributed by atoms with Gasteiger partial charge in [0.05, 0.1) is 27.1 Å². The van der Waals surface area contributed by atoms with E-state index in [4.69, 9.17) is 19.0 Å². The van der Waals surface area contributed by atoms with E-state index >= 15 is 0 Å². The van der Waals surface area contributed by atoms with E-state index in [0.29, 0.717) is 16.8 Å². The Morgan fingerprint density at radius 2 is 1.90 bits per heavy atom. The first kappa shape index (κ1) is 22.1. The van der Waals surface area contributed by atoms with E-state index < -0.39 is 5.97 Å². The van der Waals surface area contributed by atoms with E-state index in [-0.39, 0.29) is 24.6 Å². The fourth-order valence-corrected chi connectivity index (χ4v) is 2.74. The summed E-state index contributed by atoms with van der Waals surface area (Å²) < 4.78 is 28.6. The van der Waals surface area contributed by atoms with Crippen LogP contribution in [0.2, 0.25) is 0 Å². The number of nitrogens with zero attached hydrogens (tertiary/aromatic N) is 1. The van der Waals surface area contributed by atoms with Crippen molar-refractivity contribution < 1.29 is 28.2 Å². The van der Waals surface area contributed by atoms with Gasteiger partial charge in [0.2, 0.25) is 0 Å². The van der Waals surface area contributed by atoms with Gasteiger partial charge < -0.3 is 19.0 Å². The van der Waals surface area contributed by atoms with Gasteiger partial charge in [-0.2, -0.15) is 0 Å². The van der Waals surface area contributed by atoms with E-state index in [0.717, 1.165) is 11.1 Å². The molecule has 0 aromatic heterocycles. The van der Waals surface area contributed by atoms with Gasteiger partial charge in [0.25, 0.3) is 0 Å². The number of aryl methyl sites for hydroxylation is 1. The maximum Gasteiger partial charge on any atom is 0.341 e. The van der Waals surface area contributed by atoms with Crippen LogP contribution in [0.3, 0.4) is 0 Å². The van der Waals surface area contributed by atoms with Crippen molar-refractivity contribution in [3.63, 3.8) is 0 Å². The monoisotopic (exact) mass is 401 g/mol. The van der Waals surface area contributed by atoms with Gasteiger partial charge in [-0.05, 0) is 30.2 Å². The van der Waals surface area contributed by atoms with Gasteiger partial charge in [-0.1, -0.05) is 35.5 Å². The Kier molecular flexibility index (Phi) is 8.36. The minimum atomic E-state index is -0.526. The Labute approximate surface area is 169 Å². The zero-order valence-electron chi connectivity index (χ0n) is 16.9. The van der Waals surface area contributed by atoms with Crippen LogP contribution in [0, 0.1) is 12.7 Å². The SMILES string of the molecule is CO/C=C(/C(=O)OC)c1cccc(C)c1CO/N=C(\COC)c1cccc(F)c1. The van der Waals surface area contributed by atoms with Crippen LogP contribution < -0.4 is 0 Å². The number of benzene rings is 2. The Morgan fingerprint density at radius 3 is 2.55 bits per heavy atom. The molecule has 6 nitrogen and oxygen atoms in total. The van der Waals surface area contributed by atoms with Gasteiger partial charge >= 0.3 is 5.97 Å². The summed E-state index contributed by atoms with van der Waals surface area (Å²) in [6.07, 6.45) is 1.33. The molecule has 0 heterocycles. The number of esters is 1. The zero-order valence-corrected chi connectivity index (χ0v) is 16.9. The molecular formula is C22H24FNO5. The molecule has 0 bridgehead atoms. The number of hydrogen-bond donors (Lipinski definition) is 0. The number of halogens is 1. The minimum Gasteiger partial charge on any atom is -0.503 e. The number of rotatable bonds is 9. The number of ether oxygens (including phenoxy) is 3. The summed E-state index contributed by atoms with van der Waals surface area (Å²) in [4.78, 5) is 17.7. The van der Waals surface area contributed by atoms with Crippen molar-refractivity contribution in [1.29, 1.82) is 0 Å². The molecule has 0 aliphatic carbocycles. The molecule has 0 saturated heterocycles. The molecular weight excluding hydrogens is 377 g/mol. The highest BCUT2D eigenvalue weighted by Crippen LogP contribution is 2.24. The highest BCUT2D eigenvalue weighted by molar-refractivity contribution is 6.16. The topological polar surface area (TPSA) is 66.4 Å². The summed E-state index contributed by atoms with van der Waals surface area (Å²) in [7, 11) is 4.28. The van der Waals surface area contributed by atoms with Gasteiger partial charge in [-0.3, -0.25) is 0 Å². The lowest BCUT2D eigenvalue weighted by Gasteiger charge is -2.14. The fraction of sp³-hybridized carbons (Fsp3) is 0.273. The maximum atomic E-state index is 13.5. The molecule has 7 heteroatoms. The van der Waals surface area contributed by atoms with Crippen molar-refractivity contribution >= 4 is 17.3 Å². The smallest absolute Gasteiger partial charge is 0.341 e. The molecule has 0 N–H and O–H groups in total. The first-order valence-corrected chi connectivity index (χ1v) is 8.85. The van der Waals surface area contributed by atoms with Gasteiger partial charge in [-0.25, -0.2) is 9.18 Å². The van der Waals surface area contributed by atoms with Crippen molar-refractivity contribution in [2.24, 2.45) is 5.16 Å². The van der Waals surface area contributed by atoms with Crippen LogP contribution in [0.5, 0.6) is 0 Å². The molecule has 0 amide bonds. The molecule has 0 saturated carbocycles.